The van der Waals surface area contributed by atoms with Gasteiger partial charge in [0.25, 0.3) is 0 Å². The van der Waals surface area contributed by atoms with Gasteiger partial charge < -0.3 is 15.3 Å². The van der Waals surface area contributed by atoms with Crippen LogP contribution in [0.25, 0.3) is 38.6 Å². The summed E-state index contributed by atoms with van der Waals surface area (Å²) < 4.78 is 0. The van der Waals surface area contributed by atoms with Crippen LogP contribution in [0.1, 0.15) is 88.9 Å². The summed E-state index contributed by atoms with van der Waals surface area (Å²) in [5.74, 6) is 2.03. The van der Waals surface area contributed by atoms with Gasteiger partial charge in [0.15, 0.2) is 0 Å². The molecule has 2 aliphatic rings. The molecule has 1 fully saturated rings. The molecule has 1 aliphatic heterocycles. The standard InChI is InChI=1S/C37H46N6O/c1-7-22(3)16-35(44)43-21-23(4)15-34(43)37-39-32-14-12-27-18-30-26(19-31(27)36(32)40-37)10-9-25-17-28(11-13-29(25)30)33(20-38-6)42-41-24(5)8-2/h11-14,17-20,22-24,34,41-42H,6-10,15-16,21H2,1-5H3,(H,39,40)/b33-20-/t22-,23+,24+,34+/m1/s1. The number of aromatic nitrogens is 2. The highest BCUT2D eigenvalue weighted by molar-refractivity contribution is 6.06. The van der Waals surface area contributed by atoms with E-state index < -0.39 is 0 Å². The molecule has 4 atom stereocenters. The second-order valence-electron chi connectivity index (χ2n) is 13.1. The zero-order valence-corrected chi connectivity index (χ0v) is 26.8. The number of aromatic amines is 1. The van der Waals surface area contributed by atoms with Gasteiger partial charge in [-0.25, -0.2) is 10.4 Å². The average molecular weight is 591 g/mol. The highest BCUT2D eigenvalue weighted by atomic mass is 16.2. The van der Waals surface area contributed by atoms with Crippen molar-refractivity contribution in [2.24, 2.45) is 16.8 Å². The zero-order chi connectivity index (χ0) is 31.0. The number of aliphatic imine (C=N–C) groups is 1. The molecule has 0 bridgehead atoms. The summed E-state index contributed by atoms with van der Waals surface area (Å²) in [6, 6.07) is 16.1. The third-order valence-corrected chi connectivity index (χ3v) is 9.74. The van der Waals surface area contributed by atoms with Crippen LogP contribution in [-0.4, -0.2) is 40.1 Å². The summed E-state index contributed by atoms with van der Waals surface area (Å²) in [6.45, 7) is 15.3. The number of nitrogens with zero attached hydrogens (tertiary/aromatic N) is 3. The Kier molecular flexibility index (Phi) is 8.59. The normalized spacial score (nSPS) is 19.6. The molecule has 6 rings (SSSR count). The second-order valence-corrected chi connectivity index (χ2v) is 13.1. The van der Waals surface area contributed by atoms with E-state index in [1.807, 2.05) is 0 Å². The number of hydrazine groups is 1. The molecule has 4 aromatic rings. The van der Waals surface area contributed by atoms with Crippen molar-refractivity contribution in [3.05, 3.63) is 71.2 Å². The molecule has 0 unspecified atom stereocenters. The molecule has 230 valence electrons. The lowest BCUT2D eigenvalue weighted by Gasteiger charge is -2.24. The SMILES string of the molecule is C=N/C=C(\NN[C@@H](C)CC)c1ccc2c(c1)CCc1cc3c(ccc4nc([C@@H]5C[C@H](C)CN5C(=O)C[C@H](C)CC)[nH]c43)cc1-2. The third-order valence-electron chi connectivity index (χ3n) is 9.74. The average Bonchev–Trinajstić information content (AvgIpc) is 3.65. The molecule has 1 amide bonds. The van der Waals surface area contributed by atoms with Crippen LogP contribution in [-0.2, 0) is 17.6 Å². The van der Waals surface area contributed by atoms with Crippen molar-refractivity contribution in [1.29, 1.82) is 0 Å². The number of H-pyrrole nitrogens is 1. The summed E-state index contributed by atoms with van der Waals surface area (Å²) in [7, 11) is 0. The van der Waals surface area contributed by atoms with E-state index in [-0.39, 0.29) is 11.9 Å². The highest BCUT2D eigenvalue weighted by Crippen LogP contribution is 2.40. The molecule has 3 N–H and O–H groups in total. The number of hydrogen-bond acceptors (Lipinski definition) is 5. The van der Waals surface area contributed by atoms with E-state index in [1.54, 1.807) is 6.20 Å². The monoisotopic (exact) mass is 590 g/mol. The maximum Gasteiger partial charge on any atom is 0.223 e. The number of benzene rings is 3. The number of amides is 1. The molecular formula is C37H46N6O. The van der Waals surface area contributed by atoms with Crippen molar-refractivity contribution in [1.82, 2.24) is 25.7 Å². The van der Waals surface area contributed by atoms with Gasteiger partial charge in [0.1, 0.15) is 5.82 Å². The van der Waals surface area contributed by atoms with Crippen LogP contribution in [0.2, 0.25) is 0 Å². The summed E-state index contributed by atoms with van der Waals surface area (Å²) in [6.07, 6.45) is 7.33. The van der Waals surface area contributed by atoms with Gasteiger partial charge >= 0.3 is 0 Å². The van der Waals surface area contributed by atoms with Crippen molar-refractivity contribution in [2.45, 2.75) is 85.2 Å². The maximum absolute atomic E-state index is 13.3. The fourth-order valence-electron chi connectivity index (χ4n) is 6.75. The molecule has 0 saturated carbocycles. The Morgan fingerprint density at radius 2 is 1.91 bits per heavy atom. The Bertz CT molecular complexity index is 1740. The largest absolute Gasteiger partial charge is 0.340 e. The molecular weight excluding hydrogens is 544 g/mol. The lowest BCUT2D eigenvalue weighted by atomic mass is 9.83. The minimum absolute atomic E-state index is 0.00723. The van der Waals surface area contributed by atoms with E-state index in [0.717, 1.165) is 66.8 Å². The molecule has 2 heterocycles. The molecule has 0 radical (unpaired) electrons. The van der Waals surface area contributed by atoms with Crippen molar-refractivity contribution < 1.29 is 4.79 Å². The van der Waals surface area contributed by atoms with Crippen molar-refractivity contribution in [2.75, 3.05) is 6.54 Å². The quantitative estimate of drug-likeness (QED) is 0.130. The highest BCUT2D eigenvalue weighted by Gasteiger charge is 2.36. The minimum atomic E-state index is 0.00723. The molecule has 1 aromatic heterocycles. The fraction of sp³-hybridized carbons (Fsp3) is 0.432. The van der Waals surface area contributed by atoms with Gasteiger partial charge in [0, 0.05) is 30.0 Å². The summed E-state index contributed by atoms with van der Waals surface area (Å²) in [4.78, 5) is 28.1. The molecule has 44 heavy (non-hydrogen) atoms. The number of fused-ring (bicyclic) bond motifs is 6. The van der Waals surface area contributed by atoms with Gasteiger partial charge in [0.05, 0.1) is 29.0 Å². The van der Waals surface area contributed by atoms with Gasteiger partial charge in [-0.3, -0.25) is 9.79 Å². The molecule has 7 nitrogen and oxygen atoms in total. The van der Waals surface area contributed by atoms with Crippen molar-refractivity contribution >= 4 is 40.1 Å². The van der Waals surface area contributed by atoms with Crippen LogP contribution in [0.4, 0.5) is 0 Å². The molecule has 1 aliphatic carbocycles. The summed E-state index contributed by atoms with van der Waals surface area (Å²) >= 11 is 0. The number of rotatable bonds is 10. The minimum Gasteiger partial charge on any atom is -0.340 e. The van der Waals surface area contributed by atoms with Gasteiger partial charge in [-0.15, -0.1) is 0 Å². The Morgan fingerprint density at radius 1 is 1.11 bits per heavy atom. The summed E-state index contributed by atoms with van der Waals surface area (Å²) in [5.41, 5.74) is 16.0. The first-order valence-corrected chi connectivity index (χ1v) is 16.3. The van der Waals surface area contributed by atoms with Crippen LogP contribution in [0.15, 0.2) is 53.7 Å². The van der Waals surface area contributed by atoms with Crippen LogP contribution >= 0.6 is 0 Å². The van der Waals surface area contributed by atoms with Gasteiger partial charge in [-0.05, 0) is 103 Å². The van der Waals surface area contributed by atoms with E-state index in [4.69, 9.17) is 4.98 Å². The number of likely N-dealkylation sites (tertiary alicyclic amines) is 1. The van der Waals surface area contributed by atoms with Gasteiger partial charge in [-0.1, -0.05) is 52.3 Å². The molecule has 7 heteroatoms. The van der Waals surface area contributed by atoms with Crippen LogP contribution < -0.4 is 10.9 Å². The number of carbonyl (C=O) groups is 1. The van der Waals surface area contributed by atoms with E-state index in [9.17, 15) is 4.79 Å². The topological polar surface area (TPSA) is 85.4 Å². The van der Waals surface area contributed by atoms with E-state index >= 15 is 0 Å². The predicted octanol–water partition coefficient (Wildman–Crippen LogP) is 7.72. The first kappa shape index (κ1) is 30.1. The van der Waals surface area contributed by atoms with Crippen LogP contribution in [0.3, 0.4) is 0 Å². The fourth-order valence-corrected chi connectivity index (χ4v) is 6.75. The Hall–Kier alpha value is -3.97. The van der Waals surface area contributed by atoms with E-state index in [0.29, 0.717) is 24.3 Å². The second kappa shape index (κ2) is 12.6. The van der Waals surface area contributed by atoms with Crippen LogP contribution in [0.5, 0.6) is 0 Å². The van der Waals surface area contributed by atoms with Gasteiger partial charge in [0.2, 0.25) is 5.91 Å². The Morgan fingerprint density at radius 3 is 2.66 bits per heavy atom. The summed E-state index contributed by atoms with van der Waals surface area (Å²) in [5, 5.41) is 2.40. The first-order chi connectivity index (χ1) is 21.3. The lowest BCUT2D eigenvalue weighted by molar-refractivity contribution is -0.133. The molecule has 1 saturated heterocycles. The molecule has 3 aromatic carbocycles. The van der Waals surface area contributed by atoms with E-state index in [1.165, 1.54) is 33.0 Å². The maximum atomic E-state index is 13.3. The zero-order valence-electron chi connectivity index (χ0n) is 26.8. The van der Waals surface area contributed by atoms with Crippen molar-refractivity contribution in [3.63, 3.8) is 0 Å². The number of imidazole rings is 1. The smallest absolute Gasteiger partial charge is 0.223 e. The predicted molar refractivity (Wildman–Crippen MR) is 182 cm³/mol. The molecule has 0 spiro atoms. The number of hydrogen-bond donors (Lipinski definition) is 3. The Balaban J connectivity index is 1.32. The Labute approximate surface area is 261 Å². The number of nitrogens with one attached hydrogen (secondary N) is 3. The van der Waals surface area contributed by atoms with Crippen molar-refractivity contribution in [3.8, 4) is 11.1 Å². The van der Waals surface area contributed by atoms with E-state index in [2.05, 4.69) is 110 Å². The third kappa shape index (κ3) is 5.77. The lowest BCUT2D eigenvalue weighted by Crippen LogP contribution is -2.37. The van der Waals surface area contributed by atoms with Gasteiger partial charge in [-0.2, -0.15) is 0 Å². The number of aryl methyl sites for hydroxylation is 2. The first-order valence-electron chi connectivity index (χ1n) is 16.3. The number of carbonyl (C=O) groups excluding carboxylic acids is 1. The van der Waals surface area contributed by atoms with Crippen LogP contribution in [0, 0.1) is 11.8 Å².